The van der Waals surface area contributed by atoms with Crippen LogP contribution < -0.4 is 0 Å². The second kappa shape index (κ2) is 4.97. The lowest BCUT2D eigenvalue weighted by atomic mass is 9.71. The Hall–Kier alpha value is -0.0800. The molecule has 1 unspecified atom stereocenters. The molecule has 1 fully saturated rings. The average molecular weight is 186 g/mol. The summed E-state index contributed by atoms with van der Waals surface area (Å²) in [5, 5.41) is 0. The van der Waals surface area contributed by atoms with Crippen LogP contribution in [0.15, 0.2) is 0 Å². The van der Waals surface area contributed by atoms with E-state index in [1.54, 1.807) is 14.2 Å². The number of hydrogen-bond donors (Lipinski definition) is 0. The van der Waals surface area contributed by atoms with Crippen LogP contribution in [0.5, 0.6) is 0 Å². The molecule has 0 bridgehead atoms. The van der Waals surface area contributed by atoms with E-state index >= 15 is 0 Å². The summed E-state index contributed by atoms with van der Waals surface area (Å²) in [4.78, 5) is 0. The van der Waals surface area contributed by atoms with Gasteiger partial charge in [0.2, 0.25) is 0 Å². The van der Waals surface area contributed by atoms with Crippen molar-refractivity contribution in [2.75, 3.05) is 27.4 Å². The van der Waals surface area contributed by atoms with E-state index in [2.05, 4.69) is 6.92 Å². The van der Waals surface area contributed by atoms with Crippen LogP contribution in [0.1, 0.15) is 32.6 Å². The Morgan fingerprint density at radius 1 is 1.23 bits per heavy atom. The lowest BCUT2D eigenvalue weighted by Gasteiger charge is -2.38. The Morgan fingerprint density at radius 2 is 1.85 bits per heavy atom. The van der Waals surface area contributed by atoms with E-state index in [4.69, 9.17) is 9.47 Å². The molecule has 0 heterocycles. The van der Waals surface area contributed by atoms with Crippen LogP contribution in [0.25, 0.3) is 0 Å². The molecule has 0 N–H and O–H groups in total. The van der Waals surface area contributed by atoms with Crippen molar-refractivity contribution in [1.82, 2.24) is 0 Å². The maximum absolute atomic E-state index is 5.31. The molecule has 13 heavy (non-hydrogen) atoms. The third-order valence-electron chi connectivity index (χ3n) is 3.09. The van der Waals surface area contributed by atoms with Gasteiger partial charge in [-0.1, -0.05) is 19.8 Å². The Morgan fingerprint density at radius 3 is 2.31 bits per heavy atom. The van der Waals surface area contributed by atoms with Gasteiger partial charge in [0, 0.05) is 19.6 Å². The quantitative estimate of drug-likeness (QED) is 0.671. The monoisotopic (exact) mass is 186 g/mol. The molecule has 0 amide bonds. The molecule has 2 heteroatoms. The van der Waals surface area contributed by atoms with Crippen molar-refractivity contribution >= 4 is 0 Å². The zero-order valence-electron chi connectivity index (χ0n) is 9.14. The SMILES string of the molecule is COCC1(COC)CCCC(C)C1. The van der Waals surface area contributed by atoms with E-state index in [9.17, 15) is 0 Å². The first-order valence-corrected chi connectivity index (χ1v) is 5.20. The molecule has 2 nitrogen and oxygen atoms in total. The molecular weight excluding hydrogens is 164 g/mol. The largest absolute Gasteiger partial charge is 0.384 e. The summed E-state index contributed by atoms with van der Waals surface area (Å²) >= 11 is 0. The molecule has 1 rings (SSSR count). The van der Waals surface area contributed by atoms with E-state index < -0.39 is 0 Å². The standard InChI is InChI=1S/C11H22O2/c1-10-5-4-6-11(7-10,8-12-2)9-13-3/h10H,4-9H2,1-3H3. The summed E-state index contributed by atoms with van der Waals surface area (Å²) in [5.41, 5.74) is 0.307. The number of hydrogen-bond acceptors (Lipinski definition) is 2. The van der Waals surface area contributed by atoms with Gasteiger partial charge in [-0.25, -0.2) is 0 Å². The van der Waals surface area contributed by atoms with E-state index in [0.29, 0.717) is 5.41 Å². The second-order valence-electron chi connectivity index (χ2n) is 4.57. The summed E-state index contributed by atoms with van der Waals surface area (Å²) in [6, 6.07) is 0. The summed E-state index contributed by atoms with van der Waals surface area (Å²) in [6.07, 6.45) is 5.22. The minimum Gasteiger partial charge on any atom is -0.384 e. The zero-order chi connectivity index (χ0) is 9.73. The van der Waals surface area contributed by atoms with Gasteiger partial charge in [-0.3, -0.25) is 0 Å². The molecule has 0 saturated heterocycles. The normalized spacial score (nSPS) is 27.5. The molecule has 0 aromatic carbocycles. The molecule has 78 valence electrons. The predicted molar refractivity (Wildman–Crippen MR) is 53.8 cm³/mol. The highest BCUT2D eigenvalue weighted by Crippen LogP contribution is 2.39. The van der Waals surface area contributed by atoms with Crippen LogP contribution in [0.2, 0.25) is 0 Å². The van der Waals surface area contributed by atoms with Gasteiger partial charge in [0.05, 0.1) is 13.2 Å². The summed E-state index contributed by atoms with van der Waals surface area (Å²) in [7, 11) is 3.58. The van der Waals surface area contributed by atoms with Gasteiger partial charge in [0.15, 0.2) is 0 Å². The zero-order valence-corrected chi connectivity index (χ0v) is 9.14. The van der Waals surface area contributed by atoms with Crippen molar-refractivity contribution in [1.29, 1.82) is 0 Å². The van der Waals surface area contributed by atoms with Gasteiger partial charge < -0.3 is 9.47 Å². The first-order valence-electron chi connectivity index (χ1n) is 5.20. The lowest BCUT2D eigenvalue weighted by Crippen LogP contribution is -2.36. The van der Waals surface area contributed by atoms with Crippen molar-refractivity contribution in [2.24, 2.45) is 11.3 Å². The van der Waals surface area contributed by atoms with Crippen LogP contribution in [-0.4, -0.2) is 27.4 Å². The van der Waals surface area contributed by atoms with E-state index in [0.717, 1.165) is 19.1 Å². The van der Waals surface area contributed by atoms with Crippen LogP contribution >= 0.6 is 0 Å². The highest BCUT2D eigenvalue weighted by Gasteiger charge is 2.34. The first-order chi connectivity index (χ1) is 6.22. The van der Waals surface area contributed by atoms with Gasteiger partial charge in [0.25, 0.3) is 0 Å². The fourth-order valence-electron chi connectivity index (χ4n) is 2.69. The molecule has 1 aliphatic carbocycles. The summed E-state index contributed by atoms with van der Waals surface area (Å²) in [6.45, 7) is 4.04. The van der Waals surface area contributed by atoms with Crippen molar-refractivity contribution < 1.29 is 9.47 Å². The van der Waals surface area contributed by atoms with Crippen LogP contribution in [0.4, 0.5) is 0 Å². The summed E-state index contributed by atoms with van der Waals surface area (Å²) in [5.74, 6) is 0.832. The molecular formula is C11H22O2. The maximum atomic E-state index is 5.31. The van der Waals surface area contributed by atoms with Crippen LogP contribution in [0.3, 0.4) is 0 Å². The van der Waals surface area contributed by atoms with Gasteiger partial charge >= 0.3 is 0 Å². The number of rotatable bonds is 4. The lowest BCUT2D eigenvalue weighted by molar-refractivity contribution is -0.0254. The second-order valence-corrected chi connectivity index (χ2v) is 4.57. The Labute approximate surface area is 81.6 Å². The molecule has 0 aliphatic heterocycles. The highest BCUT2D eigenvalue weighted by atomic mass is 16.5. The highest BCUT2D eigenvalue weighted by molar-refractivity contribution is 4.85. The Bertz CT molecular complexity index is 134. The van der Waals surface area contributed by atoms with Gasteiger partial charge in [-0.15, -0.1) is 0 Å². The number of ether oxygens (including phenoxy) is 2. The maximum Gasteiger partial charge on any atom is 0.0540 e. The molecule has 0 aromatic heterocycles. The van der Waals surface area contributed by atoms with E-state index in [1.807, 2.05) is 0 Å². The molecule has 1 saturated carbocycles. The van der Waals surface area contributed by atoms with E-state index in [1.165, 1.54) is 25.7 Å². The first kappa shape index (κ1) is 11.0. The number of methoxy groups -OCH3 is 2. The molecule has 0 radical (unpaired) electrons. The third kappa shape index (κ3) is 2.96. The molecule has 1 atom stereocenters. The molecule has 0 spiro atoms. The molecule has 0 aromatic rings. The Balaban J connectivity index is 2.53. The summed E-state index contributed by atoms with van der Waals surface area (Å²) < 4.78 is 10.6. The molecule has 1 aliphatic rings. The van der Waals surface area contributed by atoms with Crippen molar-refractivity contribution in [3.63, 3.8) is 0 Å². The van der Waals surface area contributed by atoms with E-state index in [-0.39, 0.29) is 0 Å². The van der Waals surface area contributed by atoms with Crippen molar-refractivity contribution in [3.8, 4) is 0 Å². The van der Waals surface area contributed by atoms with Gasteiger partial charge in [-0.05, 0) is 18.8 Å². The predicted octanol–water partition coefficient (Wildman–Crippen LogP) is 2.48. The van der Waals surface area contributed by atoms with Crippen molar-refractivity contribution in [3.05, 3.63) is 0 Å². The smallest absolute Gasteiger partial charge is 0.0540 e. The minimum absolute atomic E-state index is 0.307. The topological polar surface area (TPSA) is 18.5 Å². The van der Waals surface area contributed by atoms with Crippen molar-refractivity contribution in [2.45, 2.75) is 32.6 Å². The Kier molecular flexibility index (Phi) is 4.20. The fraction of sp³-hybridized carbons (Fsp3) is 1.00. The van der Waals surface area contributed by atoms with Gasteiger partial charge in [-0.2, -0.15) is 0 Å². The fourth-order valence-corrected chi connectivity index (χ4v) is 2.69. The van der Waals surface area contributed by atoms with Crippen LogP contribution in [-0.2, 0) is 9.47 Å². The average Bonchev–Trinajstić information content (AvgIpc) is 2.04. The minimum atomic E-state index is 0.307. The third-order valence-corrected chi connectivity index (χ3v) is 3.09. The van der Waals surface area contributed by atoms with Gasteiger partial charge in [0.1, 0.15) is 0 Å². The van der Waals surface area contributed by atoms with Crippen LogP contribution in [0, 0.1) is 11.3 Å².